The summed E-state index contributed by atoms with van der Waals surface area (Å²) >= 11 is 0. The van der Waals surface area contributed by atoms with E-state index in [-0.39, 0.29) is 5.91 Å². The van der Waals surface area contributed by atoms with Crippen LogP contribution in [0.2, 0.25) is 0 Å². The van der Waals surface area contributed by atoms with E-state index < -0.39 is 0 Å². The smallest absolute Gasteiger partial charge is 0.257 e. The van der Waals surface area contributed by atoms with Gasteiger partial charge >= 0.3 is 0 Å². The van der Waals surface area contributed by atoms with Crippen LogP contribution in [-0.4, -0.2) is 46.7 Å². The molecule has 2 fully saturated rings. The first kappa shape index (κ1) is 15.4. The number of carbonyl (C=O) groups excluding carboxylic acids is 1. The van der Waals surface area contributed by atoms with Gasteiger partial charge in [-0.2, -0.15) is 5.10 Å². The number of hydrogen-bond donors (Lipinski definition) is 2. The molecule has 2 heterocycles. The van der Waals surface area contributed by atoms with E-state index in [0.29, 0.717) is 11.6 Å². The molecule has 0 radical (unpaired) electrons. The van der Waals surface area contributed by atoms with Gasteiger partial charge in [-0.25, -0.2) is 0 Å². The molecule has 1 saturated heterocycles. The summed E-state index contributed by atoms with van der Waals surface area (Å²) in [5, 5.41) is 10.7. The van der Waals surface area contributed by atoms with Gasteiger partial charge in [0.2, 0.25) is 0 Å². The fourth-order valence-corrected chi connectivity index (χ4v) is 3.39. The monoisotopic (exact) mass is 324 g/mol. The van der Waals surface area contributed by atoms with Crippen molar-refractivity contribution < 1.29 is 4.79 Å². The zero-order valence-corrected chi connectivity index (χ0v) is 13.9. The molecule has 4 rings (SSSR count). The molecule has 5 nitrogen and oxygen atoms in total. The fraction of sp³-hybridized carbons (Fsp3) is 0.474. The molecule has 1 aromatic carbocycles. The van der Waals surface area contributed by atoms with Gasteiger partial charge in [0, 0.05) is 24.7 Å². The van der Waals surface area contributed by atoms with Crippen LogP contribution in [0.5, 0.6) is 0 Å². The van der Waals surface area contributed by atoms with Crippen LogP contribution in [0.15, 0.2) is 36.5 Å². The Balaban J connectivity index is 1.39. The lowest BCUT2D eigenvalue weighted by Gasteiger charge is -2.32. The van der Waals surface area contributed by atoms with Crippen molar-refractivity contribution in [2.24, 2.45) is 5.92 Å². The molecule has 5 heteroatoms. The molecule has 0 atom stereocenters. The van der Waals surface area contributed by atoms with Crippen molar-refractivity contribution in [1.29, 1.82) is 0 Å². The normalized spacial score (nSPS) is 18.8. The summed E-state index contributed by atoms with van der Waals surface area (Å²) in [4.78, 5) is 14.8. The average molecular weight is 324 g/mol. The highest BCUT2D eigenvalue weighted by molar-refractivity contribution is 5.99. The molecule has 2 aliphatic rings. The quantitative estimate of drug-likeness (QED) is 0.889. The van der Waals surface area contributed by atoms with Crippen LogP contribution < -0.4 is 5.32 Å². The summed E-state index contributed by atoms with van der Waals surface area (Å²) in [6, 6.07) is 10.5. The minimum atomic E-state index is 0.0863. The second-order valence-electron chi connectivity index (χ2n) is 6.94. The number of aromatic amines is 1. The highest BCUT2D eigenvalue weighted by atomic mass is 16.2. The van der Waals surface area contributed by atoms with Gasteiger partial charge in [-0.15, -0.1) is 0 Å². The Hall–Kier alpha value is -2.14. The summed E-state index contributed by atoms with van der Waals surface area (Å²) in [6.45, 7) is 2.79. The fourth-order valence-electron chi connectivity index (χ4n) is 3.39. The molecule has 1 aliphatic heterocycles. The molecule has 1 saturated carbocycles. The highest BCUT2D eigenvalue weighted by Crippen LogP contribution is 2.28. The van der Waals surface area contributed by atoms with E-state index in [4.69, 9.17) is 0 Å². The van der Waals surface area contributed by atoms with E-state index in [1.807, 2.05) is 35.2 Å². The molecule has 2 aromatic rings. The number of nitrogens with zero attached hydrogens (tertiary/aromatic N) is 2. The zero-order chi connectivity index (χ0) is 16.4. The van der Waals surface area contributed by atoms with Gasteiger partial charge in [0.25, 0.3) is 5.91 Å². The summed E-state index contributed by atoms with van der Waals surface area (Å²) < 4.78 is 0. The lowest BCUT2D eigenvalue weighted by atomic mass is 10.0. The Labute approximate surface area is 142 Å². The van der Waals surface area contributed by atoms with Gasteiger partial charge in [0.1, 0.15) is 0 Å². The maximum Gasteiger partial charge on any atom is 0.257 e. The maximum absolute atomic E-state index is 12.9. The van der Waals surface area contributed by atoms with E-state index in [9.17, 15) is 4.79 Å². The molecule has 1 aromatic heterocycles. The Morgan fingerprint density at radius 1 is 1.17 bits per heavy atom. The molecule has 0 bridgehead atoms. The van der Waals surface area contributed by atoms with Crippen LogP contribution >= 0.6 is 0 Å². The van der Waals surface area contributed by atoms with E-state index in [1.54, 1.807) is 6.20 Å². The largest absolute Gasteiger partial charge is 0.338 e. The number of aromatic nitrogens is 2. The number of H-pyrrole nitrogens is 1. The van der Waals surface area contributed by atoms with Gasteiger partial charge < -0.3 is 10.2 Å². The van der Waals surface area contributed by atoms with Crippen molar-refractivity contribution in [3.8, 4) is 11.3 Å². The minimum Gasteiger partial charge on any atom is -0.338 e. The topological polar surface area (TPSA) is 61.0 Å². The number of rotatable bonds is 5. The van der Waals surface area contributed by atoms with Crippen molar-refractivity contribution in [2.75, 3.05) is 19.6 Å². The summed E-state index contributed by atoms with van der Waals surface area (Å²) in [5.41, 5.74) is 2.49. The predicted molar refractivity (Wildman–Crippen MR) is 93.7 cm³/mol. The molecule has 1 amide bonds. The first-order chi connectivity index (χ1) is 11.8. The molecule has 126 valence electrons. The first-order valence-corrected chi connectivity index (χ1v) is 8.92. The van der Waals surface area contributed by atoms with Crippen LogP contribution in [0.1, 0.15) is 36.0 Å². The lowest BCUT2D eigenvalue weighted by Crippen LogP contribution is -2.45. The van der Waals surface area contributed by atoms with Gasteiger partial charge in [-0.05, 0) is 38.1 Å². The maximum atomic E-state index is 12.9. The second kappa shape index (κ2) is 6.77. The van der Waals surface area contributed by atoms with Crippen LogP contribution in [-0.2, 0) is 0 Å². The van der Waals surface area contributed by atoms with Gasteiger partial charge in [-0.3, -0.25) is 9.89 Å². The standard InChI is InChI=1S/C19H24N4O/c24-19(17-13-21-22-18(17)15-4-2-1-3-5-15)23-10-8-16(9-11-23)20-12-14-6-7-14/h1-5,13-14,16,20H,6-12H2,(H,21,22). The summed E-state index contributed by atoms with van der Waals surface area (Å²) in [7, 11) is 0. The molecule has 1 aliphatic carbocycles. The number of nitrogens with one attached hydrogen (secondary N) is 2. The van der Waals surface area contributed by atoms with Crippen LogP contribution in [0.3, 0.4) is 0 Å². The van der Waals surface area contributed by atoms with Crippen LogP contribution in [0.4, 0.5) is 0 Å². The lowest BCUT2D eigenvalue weighted by molar-refractivity contribution is 0.0706. The van der Waals surface area contributed by atoms with Crippen molar-refractivity contribution >= 4 is 5.91 Å². The second-order valence-corrected chi connectivity index (χ2v) is 6.94. The number of piperidine rings is 1. The van der Waals surface area contributed by atoms with Crippen LogP contribution in [0, 0.1) is 5.92 Å². The number of amides is 1. The Morgan fingerprint density at radius 2 is 1.92 bits per heavy atom. The van der Waals surface area contributed by atoms with Crippen molar-refractivity contribution in [2.45, 2.75) is 31.7 Å². The third-order valence-corrected chi connectivity index (χ3v) is 5.11. The Kier molecular flexibility index (Phi) is 4.34. The van der Waals surface area contributed by atoms with Crippen molar-refractivity contribution in [3.63, 3.8) is 0 Å². The highest BCUT2D eigenvalue weighted by Gasteiger charge is 2.27. The predicted octanol–water partition coefficient (Wildman–Crippen LogP) is 2.68. The molecule has 0 spiro atoms. The number of benzene rings is 1. The van der Waals surface area contributed by atoms with E-state index >= 15 is 0 Å². The van der Waals surface area contributed by atoms with Crippen molar-refractivity contribution in [1.82, 2.24) is 20.4 Å². The van der Waals surface area contributed by atoms with Crippen molar-refractivity contribution in [3.05, 3.63) is 42.1 Å². The Morgan fingerprint density at radius 3 is 2.62 bits per heavy atom. The SMILES string of the molecule is O=C(c1cn[nH]c1-c1ccccc1)N1CCC(NCC2CC2)CC1. The summed E-state index contributed by atoms with van der Waals surface area (Å²) in [6.07, 6.45) is 6.50. The third kappa shape index (κ3) is 3.36. The molecular weight excluding hydrogens is 300 g/mol. The van der Waals surface area contributed by atoms with Gasteiger partial charge in [0.05, 0.1) is 17.5 Å². The van der Waals surface area contributed by atoms with E-state index in [1.165, 1.54) is 12.8 Å². The van der Waals surface area contributed by atoms with Gasteiger partial charge in [-0.1, -0.05) is 30.3 Å². The Bertz CT molecular complexity index is 684. The van der Waals surface area contributed by atoms with Gasteiger partial charge in [0.15, 0.2) is 0 Å². The minimum absolute atomic E-state index is 0.0863. The number of carbonyl (C=O) groups is 1. The molecular formula is C19H24N4O. The first-order valence-electron chi connectivity index (χ1n) is 8.92. The van der Waals surface area contributed by atoms with Crippen LogP contribution in [0.25, 0.3) is 11.3 Å². The average Bonchev–Trinajstić information content (AvgIpc) is 3.34. The molecule has 2 N–H and O–H groups in total. The molecule has 24 heavy (non-hydrogen) atoms. The third-order valence-electron chi connectivity index (χ3n) is 5.11. The molecule has 0 unspecified atom stereocenters. The number of likely N-dealkylation sites (tertiary alicyclic amines) is 1. The van der Waals surface area contributed by atoms with E-state index in [2.05, 4.69) is 15.5 Å². The summed E-state index contributed by atoms with van der Waals surface area (Å²) in [5.74, 6) is 0.993. The van der Waals surface area contributed by atoms with E-state index in [0.717, 1.165) is 49.7 Å². The zero-order valence-electron chi connectivity index (χ0n) is 13.9. The number of hydrogen-bond acceptors (Lipinski definition) is 3.